The van der Waals surface area contributed by atoms with Crippen molar-refractivity contribution in [2.45, 2.75) is 10.0 Å². The van der Waals surface area contributed by atoms with Gasteiger partial charge in [0.2, 0.25) is 10.0 Å². The first kappa shape index (κ1) is 19.8. The lowest BCUT2D eigenvalue weighted by Gasteiger charge is -2.26. The van der Waals surface area contributed by atoms with Crippen molar-refractivity contribution in [3.05, 3.63) is 68.7 Å². The number of nitro groups is 1. The first-order valence-electron chi connectivity index (χ1n) is 6.71. The van der Waals surface area contributed by atoms with E-state index in [2.05, 4.69) is 21.2 Å². The molecule has 6 nitrogen and oxygen atoms in total. The van der Waals surface area contributed by atoms with Gasteiger partial charge in [0.25, 0.3) is 11.6 Å². The molecule has 132 valence electrons. The van der Waals surface area contributed by atoms with E-state index < -0.39 is 20.9 Å². The van der Waals surface area contributed by atoms with Gasteiger partial charge in [-0.2, -0.15) is 0 Å². The summed E-state index contributed by atoms with van der Waals surface area (Å²) in [5.41, 5.74) is 0.212. The van der Waals surface area contributed by atoms with Crippen LogP contribution in [0.2, 0.25) is 0 Å². The SMILES string of the molecule is O=C(NC(Oc1ccc([N+](=O)[O-])cc1)C(Cl)(Cl)Cl)c1ccccc1Br. The molecule has 2 rings (SSSR count). The highest BCUT2D eigenvalue weighted by molar-refractivity contribution is 9.10. The van der Waals surface area contributed by atoms with E-state index in [-0.39, 0.29) is 11.4 Å². The number of halogens is 4. The Morgan fingerprint density at radius 2 is 1.76 bits per heavy atom. The molecule has 0 radical (unpaired) electrons. The molecule has 0 heterocycles. The van der Waals surface area contributed by atoms with Crippen molar-refractivity contribution in [2.75, 3.05) is 0 Å². The van der Waals surface area contributed by atoms with E-state index in [1.54, 1.807) is 24.3 Å². The summed E-state index contributed by atoms with van der Waals surface area (Å²) >= 11 is 20.9. The number of ether oxygens (including phenoxy) is 1. The number of benzene rings is 2. The van der Waals surface area contributed by atoms with Gasteiger partial charge in [-0.3, -0.25) is 14.9 Å². The van der Waals surface area contributed by atoms with Crippen molar-refractivity contribution >= 4 is 62.3 Å². The maximum Gasteiger partial charge on any atom is 0.269 e. The number of carbonyl (C=O) groups is 1. The second kappa shape index (κ2) is 8.23. The minimum absolute atomic E-state index is 0.116. The predicted molar refractivity (Wildman–Crippen MR) is 99.4 cm³/mol. The Hall–Kier alpha value is -1.54. The molecule has 1 unspecified atom stereocenters. The number of carbonyl (C=O) groups excluding carboxylic acids is 1. The standard InChI is InChI=1S/C15H10BrCl3N2O4/c16-12-4-2-1-3-11(12)13(22)20-14(15(17,18)19)25-10-7-5-9(6-8-10)21(23)24/h1-8,14H,(H,20,22). The Balaban J connectivity index is 2.18. The molecule has 0 aliphatic rings. The normalized spacial score (nSPS) is 12.3. The molecule has 10 heteroatoms. The fourth-order valence-corrected chi connectivity index (χ4v) is 2.56. The highest BCUT2D eigenvalue weighted by atomic mass is 79.9. The molecule has 0 aliphatic heterocycles. The molecule has 0 aromatic heterocycles. The van der Waals surface area contributed by atoms with Crippen LogP contribution in [0.15, 0.2) is 53.0 Å². The van der Waals surface area contributed by atoms with E-state index in [4.69, 9.17) is 39.5 Å². The highest BCUT2D eigenvalue weighted by Crippen LogP contribution is 2.32. The number of alkyl halides is 3. The number of non-ortho nitro benzene ring substituents is 1. The summed E-state index contributed by atoms with van der Waals surface area (Å²) in [6, 6.07) is 11.9. The fraction of sp³-hybridized carbons (Fsp3) is 0.133. The average molecular weight is 469 g/mol. The van der Waals surface area contributed by atoms with E-state index in [9.17, 15) is 14.9 Å². The Bertz CT molecular complexity index is 781. The van der Waals surface area contributed by atoms with Crippen LogP contribution in [0, 0.1) is 10.1 Å². The quantitative estimate of drug-likeness (QED) is 0.294. The Labute approximate surface area is 166 Å². The van der Waals surface area contributed by atoms with Gasteiger partial charge in [-0.05, 0) is 40.2 Å². The van der Waals surface area contributed by atoms with Crippen molar-refractivity contribution in [1.82, 2.24) is 5.32 Å². The number of nitrogens with one attached hydrogen (secondary N) is 1. The third-order valence-electron chi connectivity index (χ3n) is 2.98. The van der Waals surface area contributed by atoms with E-state index in [0.29, 0.717) is 10.0 Å². The van der Waals surface area contributed by atoms with Crippen molar-refractivity contribution in [3.63, 3.8) is 0 Å². The topological polar surface area (TPSA) is 81.5 Å². The second-order valence-electron chi connectivity index (χ2n) is 4.74. The van der Waals surface area contributed by atoms with Crippen molar-refractivity contribution in [2.24, 2.45) is 0 Å². The first-order valence-corrected chi connectivity index (χ1v) is 8.64. The number of nitrogens with zero attached hydrogens (tertiary/aromatic N) is 1. The largest absolute Gasteiger partial charge is 0.466 e. The van der Waals surface area contributed by atoms with E-state index in [1.807, 2.05) is 0 Å². The molecule has 2 aromatic rings. The summed E-state index contributed by atoms with van der Waals surface area (Å²) in [6.07, 6.45) is -1.32. The Morgan fingerprint density at radius 3 is 2.28 bits per heavy atom. The van der Waals surface area contributed by atoms with Gasteiger partial charge < -0.3 is 10.1 Å². The molecular weight excluding hydrogens is 458 g/mol. The molecule has 1 amide bonds. The van der Waals surface area contributed by atoms with Crippen LogP contribution in [0.5, 0.6) is 5.75 Å². The first-order chi connectivity index (χ1) is 11.7. The summed E-state index contributed by atoms with van der Waals surface area (Å²) in [6.45, 7) is 0. The number of hydrogen-bond acceptors (Lipinski definition) is 4. The zero-order valence-corrected chi connectivity index (χ0v) is 16.1. The number of rotatable bonds is 5. The molecule has 0 fully saturated rings. The number of amides is 1. The van der Waals surface area contributed by atoms with Gasteiger partial charge in [-0.25, -0.2) is 0 Å². The summed E-state index contributed by atoms with van der Waals surface area (Å²) in [7, 11) is 0. The molecule has 0 spiro atoms. The third kappa shape index (κ3) is 5.47. The molecule has 1 atom stereocenters. The van der Waals surface area contributed by atoms with Gasteiger partial charge in [-0.15, -0.1) is 0 Å². The van der Waals surface area contributed by atoms with E-state index in [1.165, 1.54) is 24.3 Å². The van der Waals surface area contributed by atoms with Crippen LogP contribution in [0.3, 0.4) is 0 Å². The van der Waals surface area contributed by atoms with Crippen molar-refractivity contribution < 1.29 is 14.5 Å². The summed E-state index contributed by atoms with van der Waals surface area (Å²) in [4.78, 5) is 22.5. The minimum Gasteiger partial charge on any atom is -0.466 e. The zero-order valence-electron chi connectivity index (χ0n) is 12.3. The van der Waals surface area contributed by atoms with Crippen LogP contribution in [-0.4, -0.2) is 20.9 Å². The molecule has 0 saturated heterocycles. The Kier molecular flexibility index (Phi) is 6.51. The van der Waals surface area contributed by atoms with Gasteiger partial charge in [0, 0.05) is 16.6 Å². The molecule has 0 aliphatic carbocycles. The van der Waals surface area contributed by atoms with Crippen LogP contribution in [0.25, 0.3) is 0 Å². The molecule has 2 aromatic carbocycles. The molecule has 0 bridgehead atoms. The number of hydrogen-bond donors (Lipinski definition) is 1. The van der Waals surface area contributed by atoms with Crippen LogP contribution in [0.1, 0.15) is 10.4 Å². The maximum atomic E-state index is 12.4. The molecule has 1 N–H and O–H groups in total. The summed E-state index contributed by atoms with van der Waals surface area (Å²) in [5, 5.41) is 13.1. The van der Waals surface area contributed by atoms with Crippen LogP contribution >= 0.6 is 50.7 Å². The minimum atomic E-state index is -1.97. The molecule has 25 heavy (non-hydrogen) atoms. The predicted octanol–water partition coefficient (Wildman–Crippen LogP) is 4.86. The fourth-order valence-electron chi connectivity index (χ4n) is 1.80. The van der Waals surface area contributed by atoms with Crippen LogP contribution < -0.4 is 10.1 Å². The molecular formula is C15H10BrCl3N2O4. The smallest absolute Gasteiger partial charge is 0.269 e. The number of nitro benzene ring substituents is 1. The van der Waals surface area contributed by atoms with Crippen molar-refractivity contribution in [1.29, 1.82) is 0 Å². The van der Waals surface area contributed by atoms with Crippen molar-refractivity contribution in [3.8, 4) is 5.75 Å². The lowest BCUT2D eigenvalue weighted by atomic mass is 10.2. The van der Waals surface area contributed by atoms with Crippen LogP contribution in [-0.2, 0) is 0 Å². The Morgan fingerprint density at radius 1 is 1.16 bits per heavy atom. The maximum absolute atomic E-state index is 12.4. The van der Waals surface area contributed by atoms with Gasteiger partial charge in [0.15, 0.2) is 0 Å². The second-order valence-corrected chi connectivity index (χ2v) is 7.97. The lowest BCUT2D eigenvalue weighted by Crippen LogP contribution is -2.47. The third-order valence-corrected chi connectivity index (χ3v) is 4.27. The molecule has 0 saturated carbocycles. The zero-order chi connectivity index (χ0) is 18.6. The van der Waals surface area contributed by atoms with Gasteiger partial charge in [0.05, 0.1) is 10.5 Å². The van der Waals surface area contributed by atoms with E-state index >= 15 is 0 Å². The van der Waals surface area contributed by atoms with Gasteiger partial charge in [-0.1, -0.05) is 46.9 Å². The summed E-state index contributed by atoms with van der Waals surface area (Å²) in [5.74, 6) is -0.333. The van der Waals surface area contributed by atoms with Crippen LogP contribution in [0.4, 0.5) is 5.69 Å². The van der Waals surface area contributed by atoms with E-state index in [0.717, 1.165) is 0 Å². The monoisotopic (exact) mass is 466 g/mol. The lowest BCUT2D eigenvalue weighted by molar-refractivity contribution is -0.384. The van der Waals surface area contributed by atoms with Gasteiger partial charge >= 0.3 is 0 Å². The average Bonchev–Trinajstić information content (AvgIpc) is 2.54. The summed E-state index contributed by atoms with van der Waals surface area (Å²) < 4.78 is 4.07. The highest BCUT2D eigenvalue weighted by Gasteiger charge is 2.36. The van der Waals surface area contributed by atoms with Gasteiger partial charge in [0.1, 0.15) is 5.75 Å².